The Balaban J connectivity index is 3.20. The topological polar surface area (TPSA) is 35.5 Å². The second-order valence-corrected chi connectivity index (χ2v) is 2.47. The molecular formula is C9H16O3. The van der Waals surface area contributed by atoms with Crippen molar-refractivity contribution in [2.45, 2.75) is 20.3 Å². The molecule has 12 heavy (non-hydrogen) atoms. The molecule has 0 unspecified atom stereocenters. The van der Waals surface area contributed by atoms with Gasteiger partial charge in [0.25, 0.3) is 0 Å². The Hall–Kier alpha value is -0.830. The number of esters is 1. The Labute approximate surface area is 73.4 Å². The van der Waals surface area contributed by atoms with Crippen molar-refractivity contribution < 1.29 is 14.3 Å². The molecular weight excluding hydrogens is 156 g/mol. The van der Waals surface area contributed by atoms with Crippen LogP contribution in [0.1, 0.15) is 20.3 Å². The maximum atomic E-state index is 10.8. The lowest BCUT2D eigenvalue weighted by atomic mass is 10.4. The van der Waals surface area contributed by atoms with Crippen molar-refractivity contribution in [2.75, 3.05) is 19.8 Å². The van der Waals surface area contributed by atoms with Crippen LogP contribution < -0.4 is 0 Å². The highest BCUT2D eigenvalue weighted by molar-refractivity contribution is 5.86. The summed E-state index contributed by atoms with van der Waals surface area (Å²) in [7, 11) is 0. The van der Waals surface area contributed by atoms with Gasteiger partial charge in [0, 0.05) is 25.2 Å². The van der Waals surface area contributed by atoms with E-state index in [0.29, 0.717) is 25.4 Å². The second-order valence-electron chi connectivity index (χ2n) is 2.47. The van der Waals surface area contributed by atoms with Gasteiger partial charge in [-0.05, 0) is 13.8 Å². The Bertz CT molecular complexity index is 152. The number of ether oxygens (including phenoxy) is 2. The lowest BCUT2D eigenvalue weighted by molar-refractivity contribution is -0.139. The fourth-order valence-corrected chi connectivity index (χ4v) is 0.593. The quantitative estimate of drug-likeness (QED) is 0.346. The van der Waals surface area contributed by atoms with Gasteiger partial charge in [-0.2, -0.15) is 0 Å². The van der Waals surface area contributed by atoms with E-state index in [-0.39, 0.29) is 5.97 Å². The second kappa shape index (κ2) is 6.85. The zero-order valence-corrected chi connectivity index (χ0v) is 7.76. The molecule has 0 N–H and O–H groups in total. The number of hydrogen-bond acceptors (Lipinski definition) is 3. The maximum absolute atomic E-state index is 10.8. The predicted octanol–water partition coefficient (Wildman–Crippen LogP) is 1.53. The molecule has 3 nitrogen and oxygen atoms in total. The normalized spacial score (nSPS) is 9.50. The summed E-state index contributed by atoms with van der Waals surface area (Å²) in [5.74, 6) is -0.327. The molecule has 3 heteroatoms. The van der Waals surface area contributed by atoms with Gasteiger partial charge in [-0.25, -0.2) is 4.79 Å². The standard InChI is InChI=1S/C9H16O3/c1-4-11-6-5-7-12-9(10)8(2)3/h2,4-7H2,1,3H3. The molecule has 0 fully saturated rings. The summed E-state index contributed by atoms with van der Waals surface area (Å²) >= 11 is 0. The van der Waals surface area contributed by atoms with E-state index in [1.54, 1.807) is 6.92 Å². The van der Waals surface area contributed by atoms with Crippen molar-refractivity contribution in [1.82, 2.24) is 0 Å². The van der Waals surface area contributed by atoms with Crippen molar-refractivity contribution >= 4 is 5.97 Å². The minimum Gasteiger partial charge on any atom is -0.462 e. The SMILES string of the molecule is C=C(C)C(=O)OCCCOCC. The van der Waals surface area contributed by atoms with Crippen molar-refractivity contribution in [1.29, 1.82) is 0 Å². The Morgan fingerprint density at radius 3 is 2.58 bits per heavy atom. The molecule has 0 atom stereocenters. The lowest BCUT2D eigenvalue weighted by Gasteiger charge is -2.03. The smallest absolute Gasteiger partial charge is 0.333 e. The summed E-state index contributed by atoms with van der Waals surface area (Å²) in [6.45, 7) is 8.77. The minimum absolute atomic E-state index is 0.327. The van der Waals surface area contributed by atoms with Gasteiger partial charge in [-0.15, -0.1) is 0 Å². The average molecular weight is 172 g/mol. The van der Waals surface area contributed by atoms with Crippen LogP contribution in [0.15, 0.2) is 12.2 Å². The van der Waals surface area contributed by atoms with Gasteiger partial charge in [0.1, 0.15) is 0 Å². The molecule has 0 aliphatic rings. The van der Waals surface area contributed by atoms with E-state index in [1.807, 2.05) is 6.92 Å². The van der Waals surface area contributed by atoms with Gasteiger partial charge in [-0.1, -0.05) is 6.58 Å². The molecule has 0 aliphatic carbocycles. The van der Waals surface area contributed by atoms with Crippen molar-refractivity contribution in [3.63, 3.8) is 0 Å². The van der Waals surface area contributed by atoms with Crippen LogP contribution in [-0.4, -0.2) is 25.8 Å². The third kappa shape index (κ3) is 5.92. The molecule has 70 valence electrons. The molecule has 0 saturated carbocycles. The highest BCUT2D eigenvalue weighted by Crippen LogP contribution is 1.93. The molecule has 0 spiro atoms. The van der Waals surface area contributed by atoms with E-state index in [0.717, 1.165) is 6.42 Å². The molecule has 0 aromatic rings. The maximum Gasteiger partial charge on any atom is 0.333 e. The first-order valence-corrected chi connectivity index (χ1v) is 4.08. The van der Waals surface area contributed by atoms with Crippen LogP contribution in [-0.2, 0) is 14.3 Å². The Morgan fingerprint density at radius 1 is 1.42 bits per heavy atom. The van der Waals surface area contributed by atoms with Gasteiger partial charge in [0.05, 0.1) is 6.61 Å². The summed E-state index contributed by atoms with van der Waals surface area (Å²) in [6.07, 6.45) is 0.743. The van der Waals surface area contributed by atoms with Gasteiger partial charge in [0.2, 0.25) is 0 Å². The predicted molar refractivity (Wildman–Crippen MR) is 46.9 cm³/mol. The summed E-state index contributed by atoms with van der Waals surface area (Å²) in [4.78, 5) is 10.8. The van der Waals surface area contributed by atoms with Crippen LogP contribution in [0, 0.1) is 0 Å². The van der Waals surface area contributed by atoms with Crippen molar-refractivity contribution in [3.8, 4) is 0 Å². The summed E-state index contributed by atoms with van der Waals surface area (Å²) in [6, 6.07) is 0. The first-order valence-electron chi connectivity index (χ1n) is 4.08. The molecule has 0 radical (unpaired) electrons. The molecule has 0 aromatic carbocycles. The van der Waals surface area contributed by atoms with Crippen molar-refractivity contribution in [2.24, 2.45) is 0 Å². The molecule has 0 saturated heterocycles. The number of rotatable bonds is 6. The van der Waals surface area contributed by atoms with Crippen LogP contribution in [0.25, 0.3) is 0 Å². The van der Waals surface area contributed by atoms with Gasteiger partial charge >= 0.3 is 5.97 Å². The van der Waals surface area contributed by atoms with E-state index in [4.69, 9.17) is 9.47 Å². The fourth-order valence-electron chi connectivity index (χ4n) is 0.593. The number of carbonyl (C=O) groups excluding carboxylic acids is 1. The van der Waals surface area contributed by atoms with Crippen LogP contribution in [0.2, 0.25) is 0 Å². The molecule has 0 amide bonds. The largest absolute Gasteiger partial charge is 0.462 e. The van der Waals surface area contributed by atoms with Crippen LogP contribution in [0.5, 0.6) is 0 Å². The number of carbonyl (C=O) groups is 1. The third-order valence-corrected chi connectivity index (χ3v) is 1.22. The third-order valence-electron chi connectivity index (χ3n) is 1.22. The Kier molecular flexibility index (Phi) is 6.38. The van der Waals surface area contributed by atoms with E-state index in [9.17, 15) is 4.79 Å². The fraction of sp³-hybridized carbons (Fsp3) is 0.667. The van der Waals surface area contributed by atoms with Gasteiger partial charge < -0.3 is 9.47 Å². The van der Waals surface area contributed by atoms with E-state index in [2.05, 4.69) is 6.58 Å². The number of hydrogen-bond donors (Lipinski definition) is 0. The summed E-state index contributed by atoms with van der Waals surface area (Å²) in [5.41, 5.74) is 0.436. The zero-order valence-electron chi connectivity index (χ0n) is 7.76. The Morgan fingerprint density at radius 2 is 2.08 bits per heavy atom. The van der Waals surface area contributed by atoms with Crippen LogP contribution in [0.4, 0.5) is 0 Å². The summed E-state index contributed by atoms with van der Waals surface area (Å²) < 4.78 is 9.89. The average Bonchev–Trinajstić information content (AvgIpc) is 2.03. The highest BCUT2D eigenvalue weighted by atomic mass is 16.5. The van der Waals surface area contributed by atoms with Crippen LogP contribution >= 0.6 is 0 Å². The van der Waals surface area contributed by atoms with Crippen LogP contribution in [0.3, 0.4) is 0 Å². The van der Waals surface area contributed by atoms with E-state index < -0.39 is 0 Å². The first kappa shape index (κ1) is 11.2. The zero-order chi connectivity index (χ0) is 9.40. The molecule has 0 aromatic heterocycles. The van der Waals surface area contributed by atoms with E-state index >= 15 is 0 Å². The first-order chi connectivity index (χ1) is 5.68. The molecule has 0 bridgehead atoms. The highest BCUT2D eigenvalue weighted by Gasteiger charge is 2.01. The minimum atomic E-state index is -0.327. The summed E-state index contributed by atoms with van der Waals surface area (Å²) in [5, 5.41) is 0. The monoisotopic (exact) mass is 172 g/mol. The molecule has 0 heterocycles. The van der Waals surface area contributed by atoms with Gasteiger partial charge in [-0.3, -0.25) is 0 Å². The van der Waals surface area contributed by atoms with Crippen molar-refractivity contribution in [3.05, 3.63) is 12.2 Å². The lowest BCUT2D eigenvalue weighted by Crippen LogP contribution is -2.08. The van der Waals surface area contributed by atoms with Gasteiger partial charge in [0.15, 0.2) is 0 Å². The van der Waals surface area contributed by atoms with E-state index in [1.165, 1.54) is 0 Å². The molecule has 0 rings (SSSR count). The molecule has 0 aliphatic heterocycles.